The van der Waals surface area contributed by atoms with Crippen molar-refractivity contribution < 1.29 is 29.1 Å². The van der Waals surface area contributed by atoms with E-state index in [1.165, 1.54) is 23.2 Å². The van der Waals surface area contributed by atoms with Crippen molar-refractivity contribution in [1.29, 1.82) is 0 Å². The van der Waals surface area contributed by atoms with Gasteiger partial charge in [-0.1, -0.05) is 24.3 Å². The summed E-state index contributed by atoms with van der Waals surface area (Å²) in [5.74, 6) is -0.206. The Morgan fingerprint density at radius 3 is 2.41 bits per heavy atom. The predicted molar refractivity (Wildman–Crippen MR) is 138 cm³/mol. The number of nitrogens with zero attached hydrogens (tertiary/aromatic N) is 5. The Kier molecular flexibility index (Phi) is 8.19. The fraction of sp³-hybridized carbons (Fsp3) is 0.231. The highest BCUT2D eigenvalue weighted by molar-refractivity contribution is 5.95. The Morgan fingerprint density at radius 1 is 0.974 bits per heavy atom. The van der Waals surface area contributed by atoms with Crippen LogP contribution >= 0.6 is 0 Å². The van der Waals surface area contributed by atoms with Gasteiger partial charge in [-0.25, -0.2) is 0 Å². The summed E-state index contributed by atoms with van der Waals surface area (Å²) in [6.45, 7) is 2.79. The summed E-state index contributed by atoms with van der Waals surface area (Å²) in [5.41, 5.74) is 7.24. The number of aryl methyl sites for hydroxylation is 1. The molecule has 0 radical (unpaired) electrons. The lowest BCUT2D eigenvalue weighted by atomic mass is 10.1. The number of carbonyl (C=O) groups is 2. The van der Waals surface area contributed by atoms with Crippen LogP contribution in [-0.4, -0.2) is 57.8 Å². The molecular formula is C26H26N6O7. The summed E-state index contributed by atoms with van der Waals surface area (Å²) >= 11 is 0. The second-order valence-corrected chi connectivity index (χ2v) is 8.73. The van der Waals surface area contributed by atoms with Crippen LogP contribution in [0.15, 0.2) is 72.0 Å². The van der Waals surface area contributed by atoms with Crippen molar-refractivity contribution in [3.63, 3.8) is 0 Å². The minimum Gasteiger partial charge on any atom is -0.569 e. The van der Waals surface area contributed by atoms with Gasteiger partial charge in [-0.05, 0) is 42.8 Å². The van der Waals surface area contributed by atoms with E-state index < -0.39 is 10.8 Å². The summed E-state index contributed by atoms with van der Waals surface area (Å²) in [7, 11) is 0. The quantitative estimate of drug-likeness (QED) is 0.189. The molecule has 4 rings (SSSR count). The van der Waals surface area contributed by atoms with Gasteiger partial charge in [0, 0.05) is 36.3 Å². The molecule has 1 fully saturated rings. The number of nitro groups is 1. The molecule has 0 atom stereocenters. The summed E-state index contributed by atoms with van der Waals surface area (Å²) in [6, 6.07) is 17.6. The van der Waals surface area contributed by atoms with E-state index in [9.17, 15) is 24.9 Å². The van der Waals surface area contributed by atoms with Crippen molar-refractivity contribution >= 4 is 17.5 Å². The molecule has 1 aliphatic rings. The molecule has 0 aliphatic carbocycles. The zero-order chi connectivity index (χ0) is 27.9. The largest absolute Gasteiger partial charge is 0.569 e. The molecule has 2 amide bonds. The van der Waals surface area contributed by atoms with E-state index in [-0.39, 0.29) is 55.7 Å². The summed E-state index contributed by atoms with van der Waals surface area (Å²) in [4.78, 5) is 42.1. The highest BCUT2D eigenvalue weighted by Crippen LogP contribution is 2.24. The molecule has 1 heterocycles. The molecular weight excluding hydrogens is 508 g/mol. The summed E-state index contributed by atoms with van der Waals surface area (Å²) in [5, 5.41) is 28.2. The van der Waals surface area contributed by atoms with E-state index in [0.717, 1.165) is 5.56 Å². The van der Waals surface area contributed by atoms with Crippen molar-refractivity contribution in [2.45, 2.75) is 13.5 Å². The number of carbonyl (C=O) groups excluding carboxylic acids is 2. The lowest BCUT2D eigenvalue weighted by molar-refractivity contribution is -0.708. The fourth-order valence-electron chi connectivity index (χ4n) is 3.98. The monoisotopic (exact) mass is 534 g/mol. The number of hydrogen-bond donors (Lipinski definition) is 1. The molecule has 13 heteroatoms. The second-order valence-electron chi connectivity index (χ2n) is 8.73. The summed E-state index contributed by atoms with van der Waals surface area (Å²) in [6.07, 6.45) is 0. The predicted octanol–water partition coefficient (Wildman–Crippen LogP) is 3.21. The van der Waals surface area contributed by atoms with E-state index in [1.807, 2.05) is 6.07 Å². The molecule has 3 aromatic rings. The smallest absolute Gasteiger partial charge is 0.269 e. The van der Waals surface area contributed by atoms with Gasteiger partial charge in [0.2, 0.25) is 5.28 Å². The number of nitro benzene ring substituents is 1. The first kappa shape index (κ1) is 26.9. The highest BCUT2D eigenvalue weighted by atomic mass is 16.7. The molecule has 0 spiro atoms. The highest BCUT2D eigenvalue weighted by Gasteiger charge is 2.26. The molecule has 2 N–H and O–H groups in total. The van der Waals surface area contributed by atoms with Crippen molar-refractivity contribution in [3.8, 4) is 11.5 Å². The van der Waals surface area contributed by atoms with E-state index in [2.05, 4.69) is 5.28 Å². The van der Waals surface area contributed by atoms with Crippen molar-refractivity contribution in [2.24, 2.45) is 11.0 Å². The van der Waals surface area contributed by atoms with Gasteiger partial charge in [0.25, 0.3) is 17.5 Å². The fourth-order valence-corrected chi connectivity index (χ4v) is 3.98. The number of hydrazine groups is 1. The maximum absolute atomic E-state index is 13.1. The van der Waals surface area contributed by atoms with Crippen LogP contribution in [0.3, 0.4) is 0 Å². The number of ether oxygens (including phenoxy) is 1. The van der Waals surface area contributed by atoms with Crippen LogP contribution in [0, 0.1) is 22.2 Å². The number of piperazine rings is 1. The van der Waals surface area contributed by atoms with E-state index in [0.29, 0.717) is 21.8 Å². The third-order valence-electron chi connectivity index (χ3n) is 6.08. The molecule has 0 saturated carbocycles. The Labute approximate surface area is 223 Å². The van der Waals surface area contributed by atoms with Gasteiger partial charge in [0.05, 0.1) is 28.5 Å². The van der Waals surface area contributed by atoms with Gasteiger partial charge in [0.1, 0.15) is 12.4 Å². The van der Waals surface area contributed by atoms with Crippen LogP contribution in [0.1, 0.15) is 31.8 Å². The third kappa shape index (κ3) is 6.57. The van der Waals surface area contributed by atoms with Crippen LogP contribution in [0.25, 0.3) is 0 Å². The SMILES string of the molecule is Cc1cc([N+](=O)[O-])ccc1O/N=[N+](\[O-])N1CCN(C(=O)c2cccc(COc3ccccc3C(N)=O)c2)CC1. The maximum atomic E-state index is 13.1. The van der Waals surface area contributed by atoms with Gasteiger partial charge in [-0.15, -0.1) is 5.01 Å². The molecule has 1 aliphatic heterocycles. The zero-order valence-electron chi connectivity index (χ0n) is 21.1. The second kappa shape index (κ2) is 11.9. The van der Waals surface area contributed by atoms with Crippen LogP contribution < -0.4 is 15.3 Å². The van der Waals surface area contributed by atoms with E-state index >= 15 is 0 Å². The molecule has 0 aromatic heterocycles. The number of rotatable bonds is 9. The van der Waals surface area contributed by atoms with Crippen LogP contribution in [0.4, 0.5) is 5.69 Å². The van der Waals surface area contributed by atoms with Crippen molar-refractivity contribution in [2.75, 3.05) is 26.2 Å². The van der Waals surface area contributed by atoms with Gasteiger partial charge in [-0.2, -0.15) is 0 Å². The molecule has 1 saturated heterocycles. The average Bonchev–Trinajstić information content (AvgIpc) is 2.95. The van der Waals surface area contributed by atoms with E-state index in [4.69, 9.17) is 15.3 Å². The zero-order valence-corrected chi connectivity index (χ0v) is 21.1. The Morgan fingerprint density at radius 2 is 1.72 bits per heavy atom. The average molecular weight is 535 g/mol. The number of para-hydroxylation sites is 1. The normalized spacial score (nSPS) is 13.6. The number of benzene rings is 3. The minimum absolute atomic E-state index is 0.0916. The Bertz CT molecular complexity index is 1420. The molecule has 202 valence electrons. The van der Waals surface area contributed by atoms with Crippen LogP contribution in [0.2, 0.25) is 0 Å². The number of nitrogens with two attached hydrogens (primary N) is 1. The molecule has 0 unspecified atom stereocenters. The first-order valence-electron chi connectivity index (χ1n) is 12.0. The standard InChI is InChI=1S/C26H26N6O7/c1-18-15-21(31(35)36)9-10-23(18)39-28-32(37)30-13-11-29(12-14-30)26(34)20-6-4-5-19(16-20)17-38-24-8-3-2-7-22(24)25(27)33/h2-10,15-16H,11-14,17H2,1H3,(H2,27,33)/b32-28-. The topological polar surface area (TPSA) is 167 Å². The lowest BCUT2D eigenvalue weighted by Gasteiger charge is -2.31. The summed E-state index contributed by atoms with van der Waals surface area (Å²) < 4.78 is 5.76. The number of hydrogen-bond acceptors (Lipinski definition) is 8. The van der Waals surface area contributed by atoms with Crippen molar-refractivity contribution in [3.05, 3.63) is 104 Å². The molecule has 13 nitrogen and oxygen atoms in total. The molecule has 39 heavy (non-hydrogen) atoms. The van der Waals surface area contributed by atoms with Crippen LogP contribution in [-0.2, 0) is 6.61 Å². The first-order valence-corrected chi connectivity index (χ1v) is 12.0. The lowest BCUT2D eigenvalue weighted by Crippen LogP contribution is -2.50. The minimum atomic E-state index is -0.592. The molecule has 3 aromatic carbocycles. The molecule has 0 bridgehead atoms. The van der Waals surface area contributed by atoms with Gasteiger partial charge in [0.15, 0.2) is 5.75 Å². The van der Waals surface area contributed by atoms with Gasteiger partial charge >= 0.3 is 0 Å². The maximum Gasteiger partial charge on any atom is 0.269 e. The van der Waals surface area contributed by atoms with Crippen molar-refractivity contribution in [1.82, 2.24) is 9.91 Å². The number of primary amides is 1. The van der Waals surface area contributed by atoms with Gasteiger partial charge in [-0.3, -0.25) is 19.7 Å². The third-order valence-corrected chi connectivity index (χ3v) is 6.08. The Hall–Kier alpha value is -5.20. The van der Waals surface area contributed by atoms with E-state index in [1.54, 1.807) is 54.3 Å². The number of amides is 2. The Balaban J connectivity index is 1.32. The van der Waals surface area contributed by atoms with Crippen LogP contribution in [0.5, 0.6) is 11.5 Å². The number of non-ortho nitro benzene ring substituents is 1. The first-order chi connectivity index (χ1) is 18.7. The van der Waals surface area contributed by atoms with Gasteiger partial charge < -0.3 is 25.4 Å².